The number of hydrogen-bond donors (Lipinski definition) is 1. The molecule has 1 nitrogen and oxygen atoms in total. The van der Waals surface area contributed by atoms with Crippen molar-refractivity contribution in [3.05, 3.63) is 93.8 Å². The van der Waals surface area contributed by atoms with E-state index in [4.69, 9.17) is 0 Å². The second kappa shape index (κ2) is 8.98. The van der Waals surface area contributed by atoms with Crippen LogP contribution in [-0.2, 0) is 12.6 Å². The van der Waals surface area contributed by atoms with Crippen molar-refractivity contribution in [2.24, 2.45) is 5.41 Å². The van der Waals surface area contributed by atoms with Crippen molar-refractivity contribution in [2.45, 2.75) is 70.3 Å². The number of alkyl halides is 4. The summed E-state index contributed by atoms with van der Waals surface area (Å²) in [6.07, 6.45) is -2.14. The highest BCUT2D eigenvalue weighted by atomic mass is 19.4. The lowest BCUT2D eigenvalue weighted by Crippen LogP contribution is -2.37. The third-order valence-corrected chi connectivity index (χ3v) is 8.00. The van der Waals surface area contributed by atoms with Gasteiger partial charge in [0, 0.05) is 0 Å². The number of hydrogen-bond acceptors (Lipinski definition) is 1. The fourth-order valence-electron chi connectivity index (χ4n) is 5.95. The number of aliphatic hydroxyl groups is 1. The molecule has 0 heterocycles. The lowest BCUT2D eigenvalue weighted by molar-refractivity contribution is -0.137. The lowest BCUT2D eigenvalue weighted by Gasteiger charge is -2.47. The van der Waals surface area contributed by atoms with Crippen LogP contribution < -0.4 is 0 Å². The maximum absolute atomic E-state index is 16.2. The second-order valence-electron chi connectivity index (χ2n) is 10.8. The Kier molecular flexibility index (Phi) is 6.22. The van der Waals surface area contributed by atoms with Gasteiger partial charge in [-0.05, 0) is 106 Å². The topological polar surface area (TPSA) is 20.2 Å². The average molecular weight is 501 g/mol. The van der Waals surface area contributed by atoms with Gasteiger partial charge in [-0.3, -0.25) is 0 Å². The van der Waals surface area contributed by atoms with E-state index in [1.807, 2.05) is 19.9 Å². The van der Waals surface area contributed by atoms with E-state index in [0.717, 1.165) is 60.6 Å². The predicted molar refractivity (Wildman–Crippen MR) is 130 cm³/mol. The third-order valence-electron chi connectivity index (χ3n) is 8.00. The Morgan fingerprint density at radius 1 is 0.944 bits per heavy atom. The van der Waals surface area contributed by atoms with Crippen molar-refractivity contribution in [1.82, 2.24) is 0 Å². The van der Waals surface area contributed by atoms with Gasteiger partial charge in [0.05, 0.1) is 11.7 Å². The molecule has 36 heavy (non-hydrogen) atoms. The molecule has 2 aliphatic carbocycles. The molecule has 1 spiro atoms. The Bertz CT molecular complexity index is 1270. The molecular formula is C30H29F5O. The molecule has 5 rings (SSSR count). The van der Waals surface area contributed by atoms with Gasteiger partial charge in [0.15, 0.2) is 6.17 Å². The van der Waals surface area contributed by atoms with E-state index in [1.54, 1.807) is 6.07 Å². The summed E-state index contributed by atoms with van der Waals surface area (Å²) in [4.78, 5) is 0. The number of aliphatic hydroxyl groups excluding tert-OH is 1. The van der Waals surface area contributed by atoms with Crippen LogP contribution in [0.4, 0.5) is 22.0 Å². The molecule has 0 aromatic heterocycles. The molecule has 0 radical (unpaired) electrons. The predicted octanol–water partition coefficient (Wildman–Crippen LogP) is 8.84. The van der Waals surface area contributed by atoms with Crippen molar-refractivity contribution < 1.29 is 27.1 Å². The quantitative estimate of drug-likeness (QED) is 0.355. The molecular weight excluding hydrogens is 471 g/mol. The number of fused-ring (bicyclic) bond motifs is 1. The van der Waals surface area contributed by atoms with Gasteiger partial charge in [0.2, 0.25) is 0 Å². The number of rotatable bonds is 4. The maximum Gasteiger partial charge on any atom is 0.417 e. The SMILES string of the molecule is CC(C)c1cc2c(cc1[C@@H](F)c1ccc(C(F)(F)F)c(-c3ccc(F)cc3)c1)[C@@H](O)CC1(CCC1)C2. The van der Waals surface area contributed by atoms with Gasteiger partial charge in [0.1, 0.15) is 5.82 Å². The van der Waals surface area contributed by atoms with Crippen LogP contribution in [0.5, 0.6) is 0 Å². The van der Waals surface area contributed by atoms with Gasteiger partial charge >= 0.3 is 6.18 Å². The molecule has 2 aliphatic rings. The molecule has 2 atom stereocenters. The van der Waals surface area contributed by atoms with Gasteiger partial charge in [-0.25, -0.2) is 8.78 Å². The minimum Gasteiger partial charge on any atom is -0.388 e. The van der Waals surface area contributed by atoms with Crippen molar-refractivity contribution in [2.75, 3.05) is 0 Å². The molecule has 1 fully saturated rings. The zero-order valence-corrected chi connectivity index (χ0v) is 20.3. The van der Waals surface area contributed by atoms with Crippen LogP contribution in [0, 0.1) is 11.2 Å². The summed E-state index contributed by atoms with van der Waals surface area (Å²) in [5.74, 6) is -0.573. The zero-order valence-electron chi connectivity index (χ0n) is 20.3. The van der Waals surface area contributed by atoms with Crippen LogP contribution in [0.15, 0.2) is 54.6 Å². The molecule has 1 saturated carbocycles. The minimum atomic E-state index is -4.65. The van der Waals surface area contributed by atoms with Crippen LogP contribution in [0.3, 0.4) is 0 Å². The standard InChI is InChI=1S/C30H29F5O/c1-17(2)22-13-20-15-29(10-3-11-29)16-27(36)24(20)14-25(22)28(32)19-6-9-26(30(33,34)35)23(12-19)18-4-7-21(31)8-5-18/h4-9,12-14,17,27-28,36H,3,10-11,15-16H2,1-2H3/t27-,28-/m0/s1. The van der Waals surface area contributed by atoms with Crippen LogP contribution >= 0.6 is 0 Å². The molecule has 0 bridgehead atoms. The first kappa shape index (κ1) is 24.9. The molecule has 0 amide bonds. The molecule has 3 aromatic carbocycles. The number of halogens is 5. The van der Waals surface area contributed by atoms with Crippen LogP contribution in [0.25, 0.3) is 11.1 Å². The summed E-state index contributed by atoms with van der Waals surface area (Å²) in [6.45, 7) is 3.93. The second-order valence-corrected chi connectivity index (χ2v) is 10.8. The van der Waals surface area contributed by atoms with E-state index in [0.29, 0.717) is 12.0 Å². The fraction of sp³-hybridized carbons (Fsp3) is 0.400. The zero-order chi connectivity index (χ0) is 25.8. The Hall–Kier alpha value is -2.73. The normalized spacial score (nSPS) is 19.8. The largest absolute Gasteiger partial charge is 0.417 e. The molecule has 1 N–H and O–H groups in total. The maximum atomic E-state index is 16.2. The van der Waals surface area contributed by atoms with Crippen molar-refractivity contribution in [3.63, 3.8) is 0 Å². The van der Waals surface area contributed by atoms with Gasteiger partial charge in [-0.1, -0.05) is 44.5 Å². The Labute approximate surface area is 208 Å². The molecule has 0 unspecified atom stereocenters. The van der Waals surface area contributed by atoms with E-state index in [9.17, 15) is 22.7 Å². The van der Waals surface area contributed by atoms with Crippen molar-refractivity contribution in [1.29, 1.82) is 0 Å². The lowest BCUT2D eigenvalue weighted by atomic mass is 9.58. The first-order chi connectivity index (χ1) is 17.0. The summed E-state index contributed by atoms with van der Waals surface area (Å²) in [6, 6.07) is 11.7. The van der Waals surface area contributed by atoms with Gasteiger partial charge < -0.3 is 5.11 Å². The Morgan fingerprint density at radius 2 is 1.64 bits per heavy atom. The fourth-order valence-corrected chi connectivity index (χ4v) is 5.95. The highest BCUT2D eigenvalue weighted by molar-refractivity contribution is 5.69. The minimum absolute atomic E-state index is 0.00835. The first-order valence-corrected chi connectivity index (χ1v) is 12.4. The molecule has 0 aliphatic heterocycles. The molecule has 3 aromatic rings. The van der Waals surface area contributed by atoms with Crippen molar-refractivity contribution >= 4 is 0 Å². The van der Waals surface area contributed by atoms with Gasteiger partial charge in [-0.2, -0.15) is 13.2 Å². The summed E-state index contributed by atoms with van der Waals surface area (Å²) in [5, 5.41) is 10.9. The average Bonchev–Trinajstić information content (AvgIpc) is 2.81. The highest BCUT2D eigenvalue weighted by Gasteiger charge is 2.43. The first-order valence-electron chi connectivity index (χ1n) is 12.4. The van der Waals surface area contributed by atoms with E-state index in [1.165, 1.54) is 24.3 Å². The van der Waals surface area contributed by atoms with Gasteiger partial charge in [-0.15, -0.1) is 0 Å². The third kappa shape index (κ3) is 4.45. The monoisotopic (exact) mass is 500 g/mol. The van der Waals surface area contributed by atoms with E-state index >= 15 is 4.39 Å². The van der Waals surface area contributed by atoms with E-state index in [-0.39, 0.29) is 28.0 Å². The number of benzene rings is 3. The molecule has 6 heteroatoms. The smallest absolute Gasteiger partial charge is 0.388 e. The summed E-state index contributed by atoms with van der Waals surface area (Å²) < 4.78 is 70.9. The van der Waals surface area contributed by atoms with Gasteiger partial charge in [0.25, 0.3) is 0 Å². The molecule has 0 saturated heterocycles. The van der Waals surface area contributed by atoms with E-state index < -0.39 is 29.8 Å². The van der Waals surface area contributed by atoms with Crippen LogP contribution in [-0.4, -0.2) is 5.11 Å². The van der Waals surface area contributed by atoms with Crippen LogP contribution in [0.2, 0.25) is 0 Å². The van der Waals surface area contributed by atoms with Crippen LogP contribution in [0.1, 0.15) is 91.1 Å². The van der Waals surface area contributed by atoms with Crippen molar-refractivity contribution in [3.8, 4) is 11.1 Å². The summed E-state index contributed by atoms with van der Waals surface area (Å²) in [5.41, 5.74) is 2.23. The molecule has 190 valence electrons. The Balaban J connectivity index is 1.60. The van der Waals surface area contributed by atoms with E-state index in [2.05, 4.69) is 0 Å². The highest BCUT2D eigenvalue weighted by Crippen LogP contribution is 2.54. The summed E-state index contributed by atoms with van der Waals surface area (Å²) >= 11 is 0. The summed E-state index contributed by atoms with van der Waals surface area (Å²) in [7, 11) is 0. The Morgan fingerprint density at radius 3 is 2.22 bits per heavy atom.